The second kappa shape index (κ2) is 7.11. The van der Waals surface area contributed by atoms with Gasteiger partial charge in [0, 0.05) is 11.2 Å². The van der Waals surface area contributed by atoms with E-state index in [0.717, 1.165) is 6.42 Å². The molecule has 0 aliphatic rings. The quantitative estimate of drug-likeness (QED) is 0.395. The molecule has 0 aromatic rings. The molecule has 1 atom stereocenters. The van der Waals surface area contributed by atoms with Gasteiger partial charge in [0.05, 0.1) is 0 Å². The van der Waals surface area contributed by atoms with Gasteiger partial charge in [-0.2, -0.15) is 0 Å². The summed E-state index contributed by atoms with van der Waals surface area (Å²) in [6.45, 7) is 2.16. The molecule has 0 aromatic heterocycles. The minimum absolute atomic E-state index is 0.247. The molecule has 1 unspecified atom stereocenters. The number of halogens is 2. The van der Waals surface area contributed by atoms with Gasteiger partial charge >= 0.3 is 0 Å². The lowest BCUT2D eigenvalue weighted by Gasteiger charge is -2.04. The summed E-state index contributed by atoms with van der Waals surface area (Å²) in [4.78, 5) is 10.7. The molecule has 0 amide bonds. The first-order chi connectivity index (χ1) is 5.16. The number of carbonyl (C=O) groups excluding carboxylic acids is 1. The fourth-order valence-electron chi connectivity index (χ4n) is 0.892. The summed E-state index contributed by atoms with van der Waals surface area (Å²) in [5.41, 5.74) is 0. The van der Waals surface area contributed by atoms with Gasteiger partial charge in [-0.1, -0.05) is 42.1 Å². The lowest BCUT2D eigenvalue weighted by atomic mass is 10.1. The minimum Gasteiger partial charge on any atom is -0.281 e. The van der Waals surface area contributed by atoms with Crippen LogP contribution in [-0.2, 0) is 4.79 Å². The van der Waals surface area contributed by atoms with Crippen molar-refractivity contribution in [2.45, 2.75) is 43.9 Å². The Bertz CT molecular complexity index is 117. The number of alkyl halides is 1. The average molecular weight is 242 g/mol. The summed E-state index contributed by atoms with van der Waals surface area (Å²) in [5.74, 6) is 0. The van der Waals surface area contributed by atoms with Crippen LogP contribution in [0.4, 0.5) is 0 Å². The van der Waals surface area contributed by atoms with E-state index in [1.165, 1.54) is 19.3 Å². The molecular weight excluding hydrogens is 227 g/mol. The molecule has 0 aliphatic heterocycles. The van der Waals surface area contributed by atoms with Gasteiger partial charge in [-0.05, 0) is 18.0 Å². The molecule has 0 saturated carbocycles. The van der Waals surface area contributed by atoms with Crippen LogP contribution < -0.4 is 0 Å². The molecular formula is C8H14BrClO. The highest BCUT2D eigenvalue weighted by Gasteiger charge is 2.07. The van der Waals surface area contributed by atoms with Crippen LogP contribution in [0.3, 0.4) is 0 Å². The molecule has 3 heteroatoms. The van der Waals surface area contributed by atoms with Gasteiger partial charge in [0.2, 0.25) is 5.24 Å². The molecule has 0 aliphatic carbocycles. The Labute approximate surface area is 81.6 Å². The van der Waals surface area contributed by atoms with Crippen molar-refractivity contribution in [3.8, 4) is 0 Å². The highest BCUT2D eigenvalue weighted by molar-refractivity contribution is 9.09. The van der Waals surface area contributed by atoms with Crippen LogP contribution in [0.1, 0.15) is 39.0 Å². The van der Waals surface area contributed by atoms with Crippen molar-refractivity contribution in [3.63, 3.8) is 0 Å². The third-order valence-electron chi connectivity index (χ3n) is 1.50. The summed E-state index contributed by atoms with van der Waals surface area (Å²) < 4.78 is 0. The largest absolute Gasteiger partial charge is 0.281 e. The Morgan fingerprint density at radius 3 is 2.64 bits per heavy atom. The van der Waals surface area contributed by atoms with Gasteiger partial charge in [-0.25, -0.2) is 0 Å². The van der Waals surface area contributed by atoms with Crippen molar-refractivity contribution in [2.75, 3.05) is 0 Å². The summed E-state index contributed by atoms with van der Waals surface area (Å²) in [6, 6.07) is 0. The van der Waals surface area contributed by atoms with E-state index < -0.39 is 0 Å². The number of hydrogen-bond donors (Lipinski definition) is 0. The topological polar surface area (TPSA) is 17.1 Å². The van der Waals surface area contributed by atoms with Crippen LogP contribution in [0.25, 0.3) is 0 Å². The zero-order valence-electron chi connectivity index (χ0n) is 6.78. The fourth-order valence-corrected chi connectivity index (χ4v) is 1.88. The van der Waals surface area contributed by atoms with Gasteiger partial charge in [-0.3, -0.25) is 4.79 Å². The standard InChI is InChI=1S/C8H14BrClO/c1-2-3-4-5-7(9)6-8(10)11/h7H,2-6H2,1H3. The molecule has 0 spiro atoms. The second-order valence-electron chi connectivity index (χ2n) is 2.65. The number of carbonyl (C=O) groups is 1. The van der Waals surface area contributed by atoms with E-state index in [4.69, 9.17) is 11.6 Å². The monoisotopic (exact) mass is 240 g/mol. The maximum atomic E-state index is 10.4. The van der Waals surface area contributed by atoms with Crippen LogP contribution in [-0.4, -0.2) is 10.1 Å². The van der Waals surface area contributed by atoms with E-state index in [2.05, 4.69) is 22.9 Å². The first-order valence-corrected chi connectivity index (χ1v) is 5.28. The molecule has 0 aromatic carbocycles. The fraction of sp³-hybridized carbons (Fsp3) is 0.875. The molecule has 0 heterocycles. The van der Waals surface area contributed by atoms with E-state index in [1.807, 2.05) is 0 Å². The van der Waals surface area contributed by atoms with E-state index >= 15 is 0 Å². The minimum atomic E-state index is -0.247. The molecule has 0 fully saturated rings. The summed E-state index contributed by atoms with van der Waals surface area (Å²) >= 11 is 8.62. The van der Waals surface area contributed by atoms with Gasteiger partial charge in [0.25, 0.3) is 0 Å². The first kappa shape index (κ1) is 11.4. The van der Waals surface area contributed by atoms with Gasteiger partial charge in [0.15, 0.2) is 0 Å². The SMILES string of the molecule is CCCCCC(Br)CC(=O)Cl. The Morgan fingerprint density at radius 1 is 1.55 bits per heavy atom. The molecule has 0 saturated heterocycles. The third kappa shape index (κ3) is 8.35. The molecule has 0 N–H and O–H groups in total. The van der Waals surface area contributed by atoms with E-state index in [9.17, 15) is 4.79 Å². The van der Waals surface area contributed by atoms with E-state index in [1.54, 1.807) is 0 Å². The zero-order chi connectivity index (χ0) is 8.69. The lowest BCUT2D eigenvalue weighted by Crippen LogP contribution is -2.02. The van der Waals surface area contributed by atoms with Gasteiger partial charge in [0.1, 0.15) is 0 Å². The maximum Gasteiger partial charge on any atom is 0.222 e. The Hall–Kier alpha value is 0.440. The van der Waals surface area contributed by atoms with Crippen molar-refractivity contribution in [1.29, 1.82) is 0 Å². The predicted molar refractivity (Wildman–Crippen MR) is 52.3 cm³/mol. The number of rotatable bonds is 6. The molecule has 0 bridgehead atoms. The normalized spacial score (nSPS) is 13.0. The van der Waals surface area contributed by atoms with Gasteiger partial charge in [-0.15, -0.1) is 0 Å². The summed E-state index contributed by atoms with van der Waals surface area (Å²) in [7, 11) is 0. The molecule has 1 nitrogen and oxygen atoms in total. The Kier molecular flexibility index (Phi) is 7.39. The smallest absolute Gasteiger partial charge is 0.222 e. The van der Waals surface area contributed by atoms with Crippen molar-refractivity contribution < 1.29 is 4.79 Å². The molecule has 66 valence electrons. The van der Waals surface area contributed by atoms with E-state index in [-0.39, 0.29) is 10.1 Å². The summed E-state index contributed by atoms with van der Waals surface area (Å²) in [6.07, 6.45) is 5.13. The van der Waals surface area contributed by atoms with Crippen molar-refractivity contribution in [1.82, 2.24) is 0 Å². The predicted octanol–water partition coefficient (Wildman–Crippen LogP) is 3.49. The highest BCUT2D eigenvalue weighted by Crippen LogP contribution is 2.15. The Balaban J connectivity index is 3.22. The maximum absolute atomic E-state index is 10.4. The van der Waals surface area contributed by atoms with Crippen LogP contribution >= 0.6 is 27.5 Å². The van der Waals surface area contributed by atoms with Crippen molar-refractivity contribution in [3.05, 3.63) is 0 Å². The van der Waals surface area contributed by atoms with E-state index in [0.29, 0.717) is 6.42 Å². The highest BCUT2D eigenvalue weighted by atomic mass is 79.9. The van der Waals surface area contributed by atoms with Crippen molar-refractivity contribution in [2.24, 2.45) is 0 Å². The molecule has 0 rings (SSSR count). The zero-order valence-corrected chi connectivity index (χ0v) is 9.12. The third-order valence-corrected chi connectivity index (χ3v) is 2.44. The van der Waals surface area contributed by atoms with Gasteiger partial charge < -0.3 is 0 Å². The molecule has 0 radical (unpaired) electrons. The van der Waals surface area contributed by atoms with Crippen LogP contribution in [0.15, 0.2) is 0 Å². The molecule has 11 heavy (non-hydrogen) atoms. The number of unbranched alkanes of at least 4 members (excludes halogenated alkanes) is 2. The average Bonchev–Trinajstić information content (AvgIpc) is 1.86. The second-order valence-corrected chi connectivity index (χ2v) is 4.37. The lowest BCUT2D eigenvalue weighted by molar-refractivity contribution is -0.111. The Morgan fingerprint density at radius 2 is 2.18 bits per heavy atom. The van der Waals surface area contributed by atoms with Crippen LogP contribution in [0, 0.1) is 0 Å². The van der Waals surface area contributed by atoms with Crippen LogP contribution in [0.5, 0.6) is 0 Å². The van der Waals surface area contributed by atoms with Crippen molar-refractivity contribution >= 4 is 32.8 Å². The first-order valence-electron chi connectivity index (χ1n) is 3.99. The van der Waals surface area contributed by atoms with Crippen LogP contribution in [0.2, 0.25) is 0 Å². The number of hydrogen-bond acceptors (Lipinski definition) is 1. The summed E-state index contributed by atoms with van der Waals surface area (Å²) in [5, 5.41) is -0.247.